The molecule has 3 nitrogen and oxygen atoms in total. The number of benzene rings is 1. The number of aliphatic hydroxyl groups is 1. The Kier molecular flexibility index (Phi) is 4.79. The molecule has 2 aromatic rings. The lowest BCUT2D eigenvalue weighted by Gasteiger charge is -2.09. The number of aromatic nitrogens is 2. The maximum atomic E-state index is 10.0. The van der Waals surface area contributed by atoms with Gasteiger partial charge < -0.3 is 5.11 Å². The van der Waals surface area contributed by atoms with E-state index in [2.05, 4.69) is 10.2 Å². The van der Waals surface area contributed by atoms with E-state index in [9.17, 15) is 5.11 Å². The maximum absolute atomic E-state index is 10.0. The molecular formula is C13H14Cl2N2OS. The van der Waals surface area contributed by atoms with Gasteiger partial charge in [-0.1, -0.05) is 41.9 Å². The van der Waals surface area contributed by atoms with E-state index >= 15 is 0 Å². The smallest absolute Gasteiger partial charge is 0.102 e. The Morgan fingerprint density at radius 3 is 2.53 bits per heavy atom. The molecule has 1 unspecified atom stereocenters. The minimum atomic E-state index is -0.518. The number of rotatable bonds is 4. The largest absolute Gasteiger partial charge is 0.388 e. The van der Waals surface area contributed by atoms with Crippen LogP contribution in [0.4, 0.5) is 0 Å². The second kappa shape index (κ2) is 6.18. The molecule has 0 aliphatic carbocycles. The van der Waals surface area contributed by atoms with Gasteiger partial charge in [-0.05, 0) is 31.5 Å². The summed E-state index contributed by atoms with van der Waals surface area (Å²) in [6.45, 7) is 3.81. The Bertz CT molecular complexity index is 566. The Hall–Kier alpha value is -0.680. The summed E-state index contributed by atoms with van der Waals surface area (Å²) in [4.78, 5) is 0.908. The minimum Gasteiger partial charge on any atom is -0.388 e. The van der Waals surface area contributed by atoms with Crippen molar-refractivity contribution in [2.45, 2.75) is 36.3 Å². The van der Waals surface area contributed by atoms with Crippen molar-refractivity contribution in [3.8, 4) is 0 Å². The lowest BCUT2D eigenvalue weighted by atomic mass is 10.1. The molecule has 0 saturated carbocycles. The van der Waals surface area contributed by atoms with Crippen LogP contribution in [-0.2, 0) is 0 Å². The summed E-state index contributed by atoms with van der Waals surface area (Å²) in [5, 5.41) is 19.1. The van der Waals surface area contributed by atoms with Gasteiger partial charge >= 0.3 is 0 Å². The first-order chi connectivity index (χ1) is 9.01. The zero-order chi connectivity index (χ0) is 14.0. The molecule has 1 atom stereocenters. The predicted molar refractivity (Wildman–Crippen MR) is 79.2 cm³/mol. The van der Waals surface area contributed by atoms with Crippen molar-refractivity contribution < 1.29 is 5.11 Å². The highest BCUT2D eigenvalue weighted by molar-refractivity contribution is 7.99. The molecule has 2 N–H and O–H groups in total. The monoisotopic (exact) mass is 316 g/mol. The molecule has 2 rings (SSSR count). The van der Waals surface area contributed by atoms with Crippen LogP contribution >= 0.6 is 35.0 Å². The van der Waals surface area contributed by atoms with E-state index in [0.29, 0.717) is 16.5 Å². The fourth-order valence-corrected chi connectivity index (χ4v) is 3.55. The van der Waals surface area contributed by atoms with Crippen LogP contribution in [-0.4, -0.2) is 15.3 Å². The van der Waals surface area contributed by atoms with Gasteiger partial charge in [-0.15, -0.1) is 0 Å². The normalized spacial score (nSPS) is 12.7. The van der Waals surface area contributed by atoms with Crippen LogP contribution in [0.2, 0.25) is 10.0 Å². The molecule has 1 aromatic heterocycles. The first-order valence-electron chi connectivity index (χ1n) is 5.88. The van der Waals surface area contributed by atoms with Crippen molar-refractivity contribution >= 4 is 35.0 Å². The van der Waals surface area contributed by atoms with Gasteiger partial charge in [-0.2, -0.15) is 5.10 Å². The molecule has 0 saturated heterocycles. The molecule has 0 fully saturated rings. The summed E-state index contributed by atoms with van der Waals surface area (Å²) < 4.78 is 0. The number of H-pyrrole nitrogens is 1. The average molecular weight is 317 g/mol. The van der Waals surface area contributed by atoms with E-state index < -0.39 is 6.10 Å². The standard InChI is InChI=1S/C13H14Cl2N2OS/c1-3-11(18)12-7(2)16-17-13(12)19-10-5-8(14)4-9(15)6-10/h4-6,11,18H,3H2,1-2H3,(H,16,17). The van der Waals surface area contributed by atoms with Gasteiger partial charge in [0.25, 0.3) is 0 Å². The summed E-state index contributed by atoms with van der Waals surface area (Å²) in [5.41, 5.74) is 1.65. The van der Waals surface area contributed by atoms with E-state index in [4.69, 9.17) is 23.2 Å². The van der Waals surface area contributed by atoms with Crippen molar-refractivity contribution in [2.24, 2.45) is 0 Å². The highest BCUT2D eigenvalue weighted by atomic mass is 35.5. The van der Waals surface area contributed by atoms with E-state index in [1.54, 1.807) is 6.07 Å². The number of hydrogen-bond acceptors (Lipinski definition) is 3. The topological polar surface area (TPSA) is 48.9 Å². The van der Waals surface area contributed by atoms with Crippen molar-refractivity contribution in [1.29, 1.82) is 0 Å². The SMILES string of the molecule is CCC(O)c1c(C)n[nH]c1Sc1cc(Cl)cc(Cl)c1. The van der Waals surface area contributed by atoms with Crippen molar-refractivity contribution in [1.82, 2.24) is 10.2 Å². The number of nitrogens with zero attached hydrogens (tertiary/aromatic N) is 1. The molecule has 0 aliphatic heterocycles. The summed E-state index contributed by atoms with van der Waals surface area (Å²) in [5.74, 6) is 0. The van der Waals surface area contributed by atoms with E-state index in [0.717, 1.165) is 21.2 Å². The summed E-state index contributed by atoms with van der Waals surface area (Å²) in [7, 11) is 0. The van der Waals surface area contributed by atoms with Crippen LogP contribution in [0.15, 0.2) is 28.1 Å². The number of aliphatic hydroxyl groups excluding tert-OH is 1. The van der Waals surface area contributed by atoms with Gasteiger partial charge in [0.05, 0.1) is 11.8 Å². The summed E-state index contributed by atoms with van der Waals surface area (Å²) >= 11 is 13.4. The lowest BCUT2D eigenvalue weighted by molar-refractivity contribution is 0.170. The fourth-order valence-electron chi connectivity index (χ4n) is 1.80. The average Bonchev–Trinajstić information content (AvgIpc) is 2.68. The molecule has 0 bridgehead atoms. The molecule has 102 valence electrons. The van der Waals surface area contributed by atoms with Gasteiger partial charge in [0.1, 0.15) is 5.03 Å². The van der Waals surface area contributed by atoms with Crippen molar-refractivity contribution in [3.63, 3.8) is 0 Å². The van der Waals surface area contributed by atoms with Gasteiger partial charge in [0.15, 0.2) is 0 Å². The zero-order valence-corrected chi connectivity index (χ0v) is 12.9. The third-order valence-corrected chi connectivity index (χ3v) is 4.16. The molecular weight excluding hydrogens is 303 g/mol. The number of halogens is 2. The summed E-state index contributed by atoms with van der Waals surface area (Å²) in [6, 6.07) is 5.35. The number of aryl methyl sites for hydroxylation is 1. The maximum Gasteiger partial charge on any atom is 0.102 e. The van der Waals surface area contributed by atoms with Gasteiger partial charge in [-0.25, -0.2) is 0 Å². The van der Waals surface area contributed by atoms with Crippen LogP contribution in [0, 0.1) is 6.92 Å². The number of aromatic amines is 1. The molecule has 0 aliphatic rings. The van der Waals surface area contributed by atoms with Crippen molar-refractivity contribution in [3.05, 3.63) is 39.5 Å². The predicted octanol–water partition coefficient (Wildman–Crippen LogP) is 4.62. The molecule has 0 amide bonds. The molecule has 0 radical (unpaired) electrons. The van der Waals surface area contributed by atoms with Crippen LogP contribution in [0.5, 0.6) is 0 Å². The molecule has 6 heteroatoms. The Labute approximate surface area is 126 Å². The second-order valence-electron chi connectivity index (χ2n) is 4.18. The highest BCUT2D eigenvalue weighted by Gasteiger charge is 2.18. The molecule has 19 heavy (non-hydrogen) atoms. The number of nitrogens with one attached hydrogen (secondary N) is 1. The first kappa shape index (κ1) is 14.7. The second-order valence-corrected chi connectivity index (χ2v) is 6.14. The third kappa shape index (κ3) is 3.45. The van der Waals surface area contributed by atoms with E-state index in [1.165, 1.54) is 11.8 Å². The Morgan fingerprint density at radius 2 is 1.95 bits per heavy atom. The molecule has 1 heterocycles. The van der Waals surface area contributed by atoms with Crippen LogP contribution in [0.25, 0.3) is 0 Å². The quantitative estimate of drug-likeness (QED) is 0.865. The zero-order valence-electron chi connectivity index (χ0n) is 10.6. The first-order valence-corrected chi connectivity index (χ1v) is 7.45. The minimum absolute atomic E-state index is 0.518. The van der Waals surface area contributed by atoms with E-state index in [-0.39, 0.29) is 0 Å². The Morgan fingerprint density at radius 1 is 1.32 bits per heavy atom. The lowest BCUT2D eigenvalue weighted by Crippen LogP contribution is -1.97. The van der Waals surface area contributed by atoms with Crippen LogP contribution < -0.4 is 0 Å². The van der Waals surface area contributed by atoms with Gasteiger partial charge in [-0.3, -0.25) is 5.10 Å². The van der Waals surface area contributed by atoms with Gasteiger partial charge in [0, 0.05) is 20.5 Å². The molecule has 1 aromatic carbocycles. The Balaban J connectivity index is 2.33. The molecule has 0 spiro atoms. The van der Waals surface area contributed by atoms with E-state index in [1.807, 2.05) is 26.0 Å². The van der Waals surface area contributed by atoms with Crippen molar-refractivity contribution in [2.75, 3.05) is 0 Å². The highest BCUT2D eigenvalue weighted by Crippen LogP contribution is 2.36. The van der Waals surface area contributed by atoms with Crippen LogP contribution in [0.3, 0.4) is 0 Å². The summed E-state index contributed by atoms with van der Waals surface area (Å²) in [6.07, 6.45) is 0.125. The van der Waals surface area contributed by atoms with Crippen LogP contribution in [0.1, 0.15) is 30.7 Å². The third-order valence-electron chi connectivity index (χ3n) is 2.74. The van der Waals surface area contributed by atoms with Gasteiger partial charge in [0.2, 0.25) is 0 Å². The fraction of sp³-hybridized carbons (Fsp3) is 0.308. The number of hydrogen-bond donors (Lipinski definition) is 2.